The van der Waals surface area contributed by atoms with E-state index in [0.717, 1.165) is 11.1 Å². The Morgan fingerprint density at radius 3 is 2.55 bits per heavy atom. The smallest absolute Gasteiger partial charge is 0.289 e. The van der Waals surface area contributed by atoms with E-state index in [0.29, 0.717) is 36.7 Å². The van der Waals surface area contributed by atoms with Crippen LogP contribution in [0.1, 0.15) is 21.7 Å². The Hall–Kier alpha value is -3.46. The van der Waals surface area contributed by atoms with Crippen molar-refractivity contribution >= 4 is 21.6 Å². The summed E-state index contributed by atoms with van der Waals surface area (Å²) in [6.45, 7) is 0.948. The van der Waals surface area contributed by atoms with Gasteiger partial charge in [-0.15, -0.1) is 0 Å². The number of sulfonamides is 1. The van der Waals surface area contributed by atoms with E-state index in [1.54, 1.807) is 35.2 Å². The fourth-order valence-electron chi connectivity index (χ4n) is 3.55. The Bertz CT molecular complexity index is 1200. The van der Waals surface area contributed by atoms with E-state index in [-0.39, 0.29) is 16.6 Å². The number of hydrogen-bond acceptors (Lipinski definition) is 6. The maximum Gasteiger partial charge on any atom is 0.289 e. The summed E-state index contributed by atoms with van der Waals surface area (Å²) in [5, 5.41) is 0. The van der Waals surface area contributed by atoms with Crippen LogP contribution in [0.25, 0.3) is 0 Å². The minimum Gasteiger partial charge on any atom is -0.493 e. The third kappa shape index (κ3) is 4.22. The summed E-state index contributed by atoms with van der Waals surface area (Å²) in [5.74, 6) is 0.861. The Morgan fingerprint density at radius 1 is 1.03 bits per heavy atom. The van der Waals surface area contributed by atoms with Gasteiger partial charge < -0.3 is 18.8 Å². The summed E-state index contributed by atoms with van der Waals surface area (Å²) < 4.78 is 43.9. The number of fused-ring (bicyclic) bond motifs is 1. The van der Waals surface area contributed by atoms with Crippen molar-refractivity contribution < 1.29 is 27.1 Å². The van der Waals surface area contributed by atoms with Gasteiger partial charge in [-0.3, -0.25) is 9.52 Å². The maximum atomic E-state index is 12.9. The predicted octanol–water partition coefficient (Wildman–Crippen LogP) is 3.30. The van der Waals surface area contributed by atoms with Crippen molar-refractivity contribution in [3.8, 4) is 11.5 Å². The highest BCUT2D eigenvalue weighted by molar-refractivity contribution is 7.92. The number of carbonyl (C=O) groups is 1. The summed E-state index contributed by atoms with van der Waals surface area (Å²) in [6, 6.07) is 13.1. The lowest BCUT2D eigenvalue weighted by molar-refractivity contribution is 0.0702. The first-order valence-corrected chi connectivity index (χ1v) is 11.1. The van der Waals surface area contributed by atoms with Crippen LogP contribution in [0.15, 0.2) is 64.1 Å². The molecule has 4 rings (SSSR count). The van der Waals surface area contributed by atoms with Gasteiger partial charge in [0.25, 0.3) is 15.9 Å². The molecule has 162 valence electrons. The van der Waals surface area contributed by atoms with Gasteiger partial charge in [-0.05, 0) is 53.9 Å². The first-order valence-electron chi connectivity index (χ1n) is 9.60. The normalized spacial score (nSPS) is 13.4. The number of nitrogens with zero attached hydrogens (tertiary/aromatic N) is 1. The third-order valence-corrected chi connectivity index (χ3v) is 6.53. The summed E-state index contributed by atoms with van der Waals surface area (Å²) in [6.07, 6.45) is 2.15. The molecule has 0 saturated carbocycles. The molecular weight excluding hydrogens is 420 g/mol. The molecule has 0 saturated heterocycles. The fraction of sp³-hybridized carbons (Fsp3) is 0.227. The Kier molecular flexibility index (Phi) is 5.60. The second kappa shape index (κ2) is 8.35. The van der Waals surface area contributed by atoms with Gasteiger partial charge in [-0.1, -0.05) is 6.07 Å². The first kappa shape index (κ1) is 20.8. The van der Waals surface area contributed by atoms with Crippen LogP contribution in [0.2, 0.25) is 0 Å². The fourth-order valence-corrected chi connectivity index (χ4v) is 4.61. The molecule has 1 N–H and O–H groups in total. The van der Waals surface area contributed by atoms with Gasteiger partial charge in [0.2, 0.25) is 0 Å². The van der Waals surface area contributed by atoms with Gasteiger partial charge in [0.15, 0.2) is 17.3 Å². The highest BCUT2D eigenvalue weighted by Crippen LogP contribution is 2.31. The molecular formula is C22H22N2O6S. The summed E-state index contributed by atoms with van der Waals surface area (Å²) in [4.78, 5) is 14.3. The van der Waals surface area contributed by atoms with Crippen LogP contribution in [0.5, 0.6) is 11.5 Å². The SMILES string of the molecule is COc1ccc(S(=O)(=O)Nc2ccc3c(c2)CN(C(=O)c2ccco2)CC3)cc1OC. The maximum absolute atomic E-state index is 12.9. The highest BCUT2D eigenvalue weighted by atomic mass is 32.2. The molecule has 0 fully saturated rings. The molecule has 1 amide bonds. The summed E-state index contributed by atoms with van der Waals surface area (Å²) in [5.41, 5.74) is 2.39. The molecule has 0 unspecified atom stereocenters. The first-order chi connectivity index (χ1) is 14.9. The molecule has 0 spiro atoms. The predicted molar refractivity (Wildman–Crippen MR) is 114 cm³/mol. The Labute approximate surface area is 180 Å². The van der Waals surface area contributed by atoms with Crippen molar-refractivity contribution in [2.75, 3.05) is 25.5 Å². The molecule has 9 heteroatoms. The van der Waals surface area contributed by atoms with Crippen molar-refractivity contribution in [1.82, 2.24) is 4.90 Å². The zero-order chi connectivity index (χ0) is 22.0. The third-order valence-electron chi connectivity index (χ3n) is 5.16. The zero-order valence-corrected chi connectivity index (χ0v) is 17.9. The molecule has 1 aliphatic heterocycles. The van der Waals surface area contributed by atoms with Crippen molar-refractivity contribution in [2.24, 2.45) is 0 Å². The molecule has 2 aromatic carbocycles. The quantitative estimate of drug-likeness (QED) is 0.629. The van der Waals surface area contributed by atoms with E-state index in [1.165, 1.54) is 32.6 Å². The summed E-state index contributed by atoms with van der Waals surface area (Å²) in [7, 11) is -0.915. The van der Waals surface area contributed by atoms with Gasteiger partial charge in [0, 0.05) is 24.8 Å². The van der Waals surface area contributed by atoms with Crippen LogP contribution in [0.3, 0.4) is 0 Å². The lowest BCUT2D eigenvalue weighted by Crippen LogP contribution is -2.35. The van der Waals surface area contributed by atoms with E-state index in [9.17, 15) is 13.2 Å². The van der Waals surface area contributed by atoms with Crippen molar-refractivity contribution in [3.63, 3.8) is 0 Å². The number of anilines is 1. The zero-order valence-electron chi connectivity index (χ0n) is 17.1. The molecule has 0 radical (unpaired) electrons. The molecule has 0 aliphatic carbocycles. The van der Waals surface area contributed by atoms with Gasteiger partial charge in [0.1, 0.15) is 0 Å². The van der Waals surface area contributed by atoms with Crippen molar-refractivity contribution in [1.29, 1.82) is 0 Å². The molecule has 0 atom stereocenters. The number of carbonyl (C=O) groups excluding carboxylic acids is 1. The lowest BCUT2D eigenvalue weighted by Gasteiger charge is -2.28. The Balaban J connectivity index is 1.55. The lowest BCUT2D eigenvalue weighted by atomic mass is 9.99. The van der Waals surface area contributed by atoms with Gasteiger partial charge >= 0.3 is 0 Å². The van der Waals surface area contributed by atoms with E-state index >= 15 is 0 Å². The standard InChI is InChI=1S/C22H22N2O6S/c1-28-19-8-7-18(13-21(19)29-2)31(26,27)23-17-6-5-15-9-10-24(14-16(15)12-17)22(25)20-4-3-11-30-20/h3-8,11-13,23H,9-10,14H2,1-2H3. The van der Waals surface area contributed by atoms with Gasteiger partial charge in [-0.2, -0.15) is 0 Å². The molecule has 8 nitrogen and oxygen atoms in total. The minimum absolute atomic E-state index is 0.0532. The number of methoxy groups -OCH3 is 2. The van der Waals surface area contributed by atoms with Crippen molar-refractivity contribution in [3.05, 3.63) is 71.7 Å². The van der Waals surface area contributed by atoms with Crippen LogP contribution >= 0.6 is 0 Å². The molecule has 1 aromatic heterocycles. The van der Waals surface area contributed by atoms with Crippen LogP contribution in [0.4, 0.5) is 5.69 Å². The number of hydrogen-bond donors (Lipinski definition) is 1. The molecule has 0 bridgehead atoms. The average Bonchev–Trinajstić information content (AvgIpc) is 3.32. The van der Waals surface area contributed by atoms with E-state index in [1.807, 2.05) is 6.07 Å². The minimum atomic E-state index is -3.84. The van der Waals surface area contributed by atoms with E-state index < -0.39 is 10.0 Å². The largest absolute Gasteiger partial charge is 0.493 e. The topological polar surface area (TPSA) is 98.1 Å². The number of amides is 1. The molecule has 3 aromatic rings. The number of nitrogens with one attached hydrogen (secondary N) is 1. The number of benzene rings is 2. The second-order valence-electron chi connectivity index (χ2n) is 7.06. The van der Waals surface area contributed by atoms with Crippen LogP contribution in [-0.2, 0) is 23.0 Å². The van der Waals surface area contributed by atoms with Gasteiger partial charge in [0.05, 0.1) is 25.4 Å². The number of rotatable bonds is 6. The number of ether oxygens (including phenoxy) is 2. The van der Waals surface area contributed by atoms with E-state index in [2.05, 4.69) is 4.72 Å². The monoisotopic (exact) mass is 442 g/mol. The van der Waals surface area contributed by atoms with E-state index in [4.69, 9.17) is 13.9 Å². The van der Waals surface area contributed by atoms with Crippen LogP contribution < -0.4 is 14.2 Å². The molecule has 1 aliphatic rings. The molecule has 31 heavy (non-hydrogen) atoms. The molecule has 2 heterocycles. The average molecular weight is 442 g/mol. The van der Waals surface area contributed by atoms with Crippen LogP contribution in [0, 0.1) is 0 Å². The second-order valence-corrected chi connectivity index (χ2v) is 8.74. The summed E-state index contributed by atoms with van der Waals surface area (Å²) >= 11 is 0. The number of furan rings is 1. The highest BCUT2D eigenvalue weighted by Gasteiger charge is 2.24. The Morgan fingerprint density at radius 2 is 1.84 bits per heavy atom. The van der Waals surface area contributed by atoms with Gasteiger partial charge in [-0.25, -0.2) is 8.42 Å². The van der Waals surface area contributed by atoms with Crippen molar-refractivity contribution in [2.45, 2.75) is 17.9 Å². The van der Waals surface area contributed by atoms with Crippen LogP contribution in [-0.4, -0.2) is 40.0 Å².